The first-order valence-corrected chi connectivity index (χ1v) is 7.49. The highest BCUT2D eigenvalue weighted by molar-refractivity contribution is 9.10. The molecule has 0 heterocycles. The summed E-state index contributed by atoms with van der Waals surface area (Å²) in [6.07, 6.45) is 2.65. The predicted molar refractivity (Wildman–Crippen MR) is 79.3 cm³/mol. The van der Waals surface area contributed by atoms with E-state index in [2.05, 4.69) is 22.9 Å². The van der Waals surface area contributed by atoms with Crippen molar-refractivity contribution in [2.24, 2.45) is 0 Å². The van der Waals surface area contributed by atoms with Gasteiger partial charge >= 0.3 is 5.97 Å². The topological polar surface area (TPSA) is 46.5 Å². The molecule has 0 fully saturated rings. The lowest BCUT2D eigenvalue weighted by Crippen LogP contribution is -2.00. The van der Waals surface area contributed by atoms with Crippen LogP contribution in [0.25, 0.3) is 6.08 Å². The minimum absolute atomic E-state index is 0.655. The van der Waals surface area contributed by atoms with E-state index in [0.717, 1.165) is 33.4 Å². The lowest BCUT2D eigenvalue weighted by molar-refractivity contribution is -0.131. The Morgan fingerprint density at radius 2 is 2.33 bits per heavy atom. The fourth-order valence-corrected chi connectivity index (χ4v) is 2.13. The summed E-state index contributed by atoms with van der Waals surface area (Å²) in [5.41, 5.74) is 0.790. The van der Waals surface area contributed by atoms with Gasteiger partial charge in [0.15, 0.2) is 0 Å². The molecule has 0 radical (unpaired) electrons. The van der Waals surface area contributed by atoms with Gasteiger partial charge in [0.05, 0.1) is 6.61 Å². The maximum absolute atomic E-state index is 10.5. The van der Waals surface area contributed by atoms with Crippen LogP contribution in [0, 0.1) is 0 Å². The number of ether oxygens (including phenoxy) is 1. The molecular weight excluding hydrogens is 316 g/mol. The smallest absolute Gasteiger partial charge is 0.328 e. The van der Waals surface area contributed by atoms with Crippen LogP contribution in [-0.4, -0.2) is 29.2 Å². The van der Waals surface area contributed by atoms with Crippen molar-refractivity contribution in [3.8, 4) is 5.75 Å². The molecule has 98 valence electrons. The Hall–Kier alpha value is -0.940. The lowest BCUT2D eigenvalue weighted by atomic mass is 10.2. The third-order valence-electron chi connectivity index (χ3n) is 2.07. The third kappa shape index (κ3) is 5.60. The minimum atomic E-state index is -0.965. The van der Waals surface area contributed by atoms with Gasteiger partial charge in [-0.05, 0) is 35.6 Å². The van der Waals surface area contributed by atoms with E-state index in [4.69, 9.17) is 9.84 Å². The number of carboxylic acid groups (broad SMARTS) is 1. The molecule has 1 aromatic carbocycles. The van der Waals surface area contributed by atoms with Crippen molar-refractivity contribution >= 4 is 39.7 Å². The highest BCUT2D eigenvalue weighted by Crippen LogP contribution is 2.24. The monoisotopic (exact) mass is 330 g/mol. The SMILES string of the molecule is CCSCCOc1ccc(Br)c(/C=C/C(=O)O)c1. The number of hydrogen-bond acceptors (Lipinski definition) is 3. The van der Waals surface area contributed by atoms with E-state index in [0.29, 0.717) is 6.61 Å². The molecule has 0 aliphatic rings. The molecule has 0 bridgehead atoms. The Kier molecular flexibility index (Phi) is 6.90. The van der Waals surface area contributed by atoms with E-state index in [1.54, 1.807) is 6.08 Å². The van der Waals surface area contributed by atoms with Gasteiger partial charge in [0.1, 0.15) is 5.75 Å². The molecule has 0 aliphatic heterocycles. The zero-order valence-corrected chi connectivity index (χ0v) is 12.5. The summed E-state index contributed by atoms with van der Waals surface area (Å²) >= 11 is 5.19. The van der Waals surface area contributed by atoms with Crippen molar-refractivity contribution in [1.29, 1.82) is 0 Å². The van der Waals surface area contributed by atoms with Gasteiger partial charge in [-0.2, -0.15) is 11.8 Å². The Morgan fingerprint density at radius 1 is 1.56 bits per heavy atom. The van der Waals surface area contributed by atoms with Crippen LogP contribution in [0.2, 0.25) is 0 Å². The number of rotatable bonds is 7. The first-order chi connectivity index (χ1) is 8.63. The van der Waals surface area contributed by atoms with E-state index < -0.39 is 5.97 Å². The van der Waals surface area contributed by atoms with Gasteiger partial charge in [-0.25, -0.2) is 4.79 Å². The Balaban J connectivity index is 2.65. The molecule has 0 spiro atoms. The first kappa shape index (κ1) is 15.1. The van der Waals surface area contributed by atoms with Crippen LogP contribution < -0.4 is 4.74 Å². The average Bonchev–Trinajstić information content (AvgIpc) is 2.34. The minimum Gasteiger partial charge on any atom is -0.493 e. The quantitative estimate of drug-likeness (QED) is 0.612. The summed E-state index contributed by atoms with van der Waals surface area (Å²) in [7, 11) is 0. The van der Waals surface area contributed by atoms with Gasteiger partial charge in [-0.1, -0.05) is 22.9 Å². The van der Waals surface area contributed by atoms with E-state index in [-0.39, 0.29) is 0 Å². The molecular formula is C13H15BrO3S. The summed E-state index contributed by atoms with van der Waals surface area (Å²) in [5.74, 6) is 1.82. The predicted octanol–water partition coefficient (Wildman–Crippen LogP) is 3.68. The average molecular weight is 331 g/mol. The third-order valence-corrected chi connectivity index (χ3v) is 3.66. The molecule has 0 aliphatic carbocycles. The Morgan fingerprint density at radius 3 is 3.00 bits per heavy atom. The second kappa shape index (κ2) is 8.21. The normalized spacial score (nSPS) is 10.8. The molecule has 0 aromatic heterocycles. The zero-order chi connectivity index (χ0) is 13.4. The van der Waals surface area contributed by atoms with Gasteiger partial charge in [-0.15, -0.1) is 0 Å². The molecule has 3 nitrogen and oxygen atoms in total. The van der Waals surface area contributed by atoms with Crippen LogP contribution in [0.4, 0.5) is 0 Å². The summed E-state index contributed by atoms with van der Waals surface area (Å²) in [6, 6.07) is 5.53. The first-order valence-electron chi connectivity index (χ1n) is 5.54. The summed E-state index contributed by atoms with van der Waals surface area (Å²) < 4.78 is 6.43. The summed E-state index contributed by atoms with van der Waals surface area (Å²) in [6.45, 7) is 2.77. The number of carbonyl (C=O) groups is 1. The molecule has 5 heteroatoms. The molecule has 0 atom stereocenters. The van der Waals surface area contributed by atoms with E-state index in [1.165, 1.54) is 0 Å². The van der Waals surface area contributed by atoms with Crippen LogP contribution in [0.5, 0.6) is 5.75 Å². The molecule has 0 amide bonds. The van der Waals surface area contributed by atoms with Crippen LogP contribution in [0.1, 0.15) is 12.5 Å². The molecule has 0 saturated carbocycles. The van der Waals surface area contributed by atoms with Crippen LogP contribution in [-0.2, 0) is 4.79 Å². The van der Waals surface area contributed by atoms with Crippen molar-refractivity contribution in [3.63, 3.8) is 0 Å². The number of carboxylic acids is 1. The van der Waals surface area contributed by atoms with Crippen LogP contribution >= 0.6 is 27.7 Å². The van der Waals surface area contributed by atoms with Gasteiger partial charge in [0, 0.05) is 16.3 Å². The number of halogens is 1. The fourth-order valence-electron chi connectivity index (χ4n) is 1.26. The fraction of sp³-hybridized carbons (Fsp3) is 0.308. The Bertz CT molecular complexity index is 432. The molecule has 1 rings (SSSR count). The number of aliphatic carboxylic acids is 1. The van der Waals surface area contributed by atoms with E-state index in [9.17, 15) is 4.79 Å². The van der Waals surface area contributed by atoms with Crippen molar-refractivity contribution in [2.45, 2.75) is 6.92 Å². The van der Waals surface area contributed by atoms with Gasteiger partial charge in [0.25, 0.3) is 0 Å². The van der Waals surface area contributed by atoms with Crippen molar-refractivity contribution in [1.82, 2.24) is 0 Å². The number of thioether (sulfide) groups is 1. The van der Waals surface area contributed by atoms with Gasteiger partial charge < -0.3 is 9.84 Å². The number of hydrogen-bond donors (Lipinski definition) is 1. The highest BCUT2D eigenvalue weighted by atomic mass is 79.9. The molecule has 0 saturated heterocycles. The Labute approximate surface area is 119 Å². The molecule has 18 heavy (non-hydrogen) atoms. The standard InChI is InChI=1S/C13H15BrO3S/c1-2-18-8-7-17-11-4-5-12(14)10(9-11)3-6-13(15)16/h3-6,9H,2,7-8H2,1H3,(H,15,16)/b6-3+. The van der Waals surface area contributed by atoms with Crippen LogP contribution in [0.3, 0.4) is 0 Å². The second-order valence-electron chi connectivity index (χ2n) is 3.40. The van der Waals surface area contributed by atoms with Crippen LogP contribution in [0.15, 0.2) is 28.7 Å². The second-order valence-corrected chi connectivity index (χ2v) is 5.65. The van der Waals surface area contributed by atoms with E-state index in [1.807, 2.05) is 30.0 Å². The van der Waals surface area contributed by atoms with Crippen molar-refractivity contribution < 1.29 is 14.6 Å². The molecule has 0 unspecified atom stereocenters. The van der Waals surface area contributed by atoms with Gasteiger partial charge in [0.2, 0.25) is 0 Å². The summed E-state index contributed by atoms with van der Waals surface area (Å²) in [5, 5.41) is 8.60. The zero-order valence-electron chi connectivity index (χ0n) is 10.1. The lowest BCUT2D eigenvalue weighted by Gasteiger charge is -2.07. The van der Waals surface area contributed by atoms with Crippen molar-refractivity contribution in [3.05, 3.63) is 34.3 Å². The largest absolute Gasteiger partial charge is 0.493 e. The van der Waals surface area contributed by atoms with Gasteiger partial charge in [-0.3, -0.25) is 0 Å². The molecule has 1 aromatic rings. The van der Waals surface area contributed by atoms with E-state index >= 15 is 0 Å². The maximum atomic E-state index is 10.5. The summed E-state index contributed by atoms with van der Waals surface area (Å²) in [4.78, 5) is 10.5. The highest BCUT2D eigenvalue weighted by Gasteiger charge is 2.00. The number of benzene rings is 1. The molecule has 1 N–H and O–H groups in total. The maximum Gasteiger partial charge on any atom is 0.328 e. The van der Waals surface area contributed by atoms with Crippen molar-refractivity contribution in [2.75, 3.05) is 18.1 Å².